The van der Waals surface area contributed by atoms with Gasteiger partial charge in [0.1, 0.15) is 11.6 Å². The van der Waals surface area contributed by atoms with E-state index in [4.69, 9.17) is 4.74 Å². The zero-order valence-corrected chi connectivity index (χ0v) is 16.4. The van der Waals surface area contributed by atoms with Crippen molar-refractivity contribution in [2.45, 2.75) is 58.4 Å². The summed E-state index contributed by atoms with van der Waals surface area (Å²) in [5, 5.41) is 4.90. The molecule has 1 aromatic rings. The second-order valence-corrected chi connectivity index (χ2v) is 7.78. The van der Waals surface area contributed by atoms with Crippen LogP contribution in [0.1, 0.15) is 46.1 Å². The van der Waals surface area contributed by atoms with Gasteiger partial charge in [-0.25, -0.2) is 4.79 Å². The fraction of sp³-hybridized carbons (Fsp3) is 0.579. The topological polar surface area (TPSA) is 70.7 Å². The minimum Gasteiger partial charge on any atom is -0.444 e. The van der Waals surface area contributed by atoms with Gasteiger partial charge in [-0.15, -0.1) is 0 Å². The van der Waals surface area contributed by atoms with Crippen LogP contribution in [0.25, 0.3) is 0 Å². The first kappa shape index (κ1) is 21.8. The molecule has 0 aliphatic carbocycles. The van der Waals surface area contributed by atoms with Crippen molar-refractivity contribution < 1.29 is 27.5 Å². The number of carbonyl (C=O) groups excluding carboxylic acids is 2. The Kier molecular flexibility index (Phi) is 6.46. The molecule has 1 aromatic carbocycles. The maximum Gasteiger partial charge on any atom is 0.416 e. The molecule has 2 amide bonds. The molecule has 0 unspecified atom stereocenters. The van der Waals surface area contributed by atoms with Crippen LogP contribution in [0, 0.1) is 0 Å². The Balaban J connectivity index is 2.17. The lowest BCUT2D eigenvalue weighted by atomic mass is 10.1. The summed E-state index contributed by atoms with van der Waals surface area (Å²) in [5.41, 5.74) is -0.981. The molecule has 0 spiro atoms. The standard InChI is InChI=1S/C19H26F3N3O3/c1-12(23-17(27)28-18(2,3)4)16(26)24-14-11-13(19(20,21)22)7-8-15(14)25-9-5-6-10-25/h7-8,11-12H,5-6,9-10H2,1-4H3,(H,23,27)(H,24,26)/t12-/m1/s1. The molecular weight excluding hydrogens is 375 g/mol. The number of halogens is 3. The van der Waals surface area contributed by atoms with Gasteiger partial charge in [-0.2, -0.15) is 13.2 Å². The summed E-state index contributed by atoms with van der Waals surface area (Å²) in [7, 11) is 0. The molecule has 28 heavy (non-hydrogen) atoms. The molecule has 0 saturated carbocycles. The summed E-state index contributed by atoms with van der Waals surface area (Å²) in [6.45, 7) is 7.90. The number of ether oxygens (including phenoxy) is 1. The quantitative estimate of drug-likeness (QED) is 0.795. The highest BCUT2D eigenvalue weighted by Gasteiger charge is 2.32. The smallest absolute Gasteiger partial charge is 0.416 e. The molecule has 6 nitrogen and oxygen atoms in total. The molecule has 1 aliphatic heterocycles. The highest BCUT2D eigenvalue weighted by atomic mass is 19.4. The number of rotatable bonds is 4. The van der Waals surface area contributed by atoms with Crippen molar-refractivity contribution in [1.29, 1.82) is 0 Å². The van der Waals surface area contributed by atoms with Gasteiger partial charge < -0.3 is 20.3 Å². The van der Waals surface area contributed by atoms with Gasteiger partial charge in [-0.3, -0.25) is 4.79 Å². The van der Waals surface area contributed by atoms with Gasteiger partial charge in [-0.1, -0.05) is 0 Å². The molecule has 0 radical (unpaired) electrons. The van der Waals surface area contributed by atoms with Gasteiger partial charge in [0.05, 0.1) is 16.9 Å². The van der Waals surface area contributed by atoms with Crippen LogP contribution in [-0.4, -0.2) is 36.7 Å². The Bertz CT molecular complexity index is 723. The number of alkyl carbamates (subject to hydrolysis) is 1. The second-order valence-electron chi connectivity index (χ2n) is 7.78. The Morgan fingerprint density at radius 3 is 2.29 bits per heavy atom. The molecule has 1 saturated heterocycles. The monoisotopic (exact) mass is 401 g/mol. The zero-order valence-electron chi connectivity index (χ0n) is 16.4. The second kappa shape index (κ2) is 8.28. The summed E-state index contributed by atoms with van der Waals surface area (Å²) in [4.78, 5) is 26.2. The fourth-order valence-electron chi connectivity index (χ4n) is 2.84. The zero-order chi connectivity index (χ0) is 21.1. The van der Waals surface area contributed by atoms with Crippen molar-refractivity contribution in [3.05, 3.63) is 23.8 Å². The molecular formula is C19H26F3N3O3. The normalized spacial score (nSPS) is 15.9. The van der Waals surface area contributed by atoms with E-state index in [0.29, 0.717) is 18.8 Å². The average molecular weight is 401 g/mol. The third-order valence-electron chi connectivity index (χ3n) is 4.16. The lowest BCUT2D eigenvalue weighted by molar-refractivity contribution is -0.137. The highest BCUT2D eigenvalue weighted by molar-refractivity contribution is 5.99. The minimum atomic E-state index is -4.52. The third-order valence-corrected chi connectivity index (χ3v) is 4.16. The van der Waals surface area contributed by atoms with E-state index in [0.717, 1.165) is 25.0 Å². The molecule has 1 fully saturated rings. The van der Waals surface area contributed by atoms with E-state index in [1.807, 2.05) is 4.90 Å². The number of alkyl halides is 3. The molecule has 2 rings (SSSR count). The fourth-order valence-corrected chi connectivity index (χ4v) is 2.84. The largest absolute Gasteiger partial charge is 0.444 e. The summed E-state index contributed by atoms with van der Waals surface area (Å²) >= 11 is 0. The van der Waals surface area contributed by atoms with Gasteiger partial charge in [0.15, 0.2) is 0 Å². The number of nitrogens with zero attached hydrogens (tertiary/aromatic N) is 1. The lowest BCUT2D eigenvalue weighted by Crippen LogP contribution is -2.44. The number of amides is 2. The van der Waals surface area contributed by atoms with Crippen LogP contribution in [-0.2, 0) is 15.7 Å². The van der Waals surface area contributed by atoms with Gasteiger partial charge in [0, 0.05) is 13.1 Å². The number of anilines is 2. The summed E-state index contributed by atoms with van der Waals surface area (Å²) < 4.78 is 44.4. The number of carbonyl (C=O) groups is 2. The van der Waals surface area contributed by atoms with Crippen LogP contribution in [0.5, 0.6) is 0 Å². The molecule has 0 bridgehead atoms. The SMILES string of the molecule is C[C@@H](NC(=O)OC(C)(C)C)C(=O)Nc1cc(C(F)(F)F)ccc1N1CCCC1. The Hall–Kier alpha value is -2.45. The predicted octanol–water partition coefficient (Wildman–Crippen LogP) is 4.16. The molecule has 1 aliphatic rings. The Morgan fingerprint density at radius 2 is 1.75 bits per heavy atom. The van der Waals surface area contributed by atoms with E-state index < -0.39 is 35.4 Å². The maximum atomic E-state index is 13.1. The van der Waals surface area contributed by atoms with Gasteiger partial charge >= 0.3 is 12.3 Å². The number of hydrogen-bond donors (Lipinski definition) is 2. The first-order valence-electron chi connectivity index (χ1n) is 9.13. The van der Waals surface area contributed by atoms with E-state index in [9.17, 15) is 22.8 Å². The van der Waals surface area contributed by atoms with Crippen molar-refractivity contribution in [1.82, 2.24) is 5.32 Å². The molecule has 1 heterocycles. The number of hydrogen-bond acceptors (Lipinski definition) is 4. The van der Waals surface area contributed by atoms with E-state index in [2.05, 4.69) is 10.6 Å². The molecule has 2 N–H and O–H groups in total. The molecule has 0 aromatic heterocycles. The summed E-state index contributed by atoms with van der Waals surface area (Å²) in [6.07, 6.45) is -3.43. The van der Waals surface area contributed by atoms with Crippen LogP contribution in [0.15, 0.2) is 18.2 Å². The number of nitrogens with one attached hydrogen (secondary N) is 2. The first-order chi connectivity index (χ1) is 12.9. The van der Waals surface area contributed by atoms with E-state index >= 15 is 0 Å². The van der Waals surface area contributed by atoms with Crippen molar-refractivity contribution >= 4 is 23.4 Å². The van der Waals surface area contributed by atoms with E-state index in [1.165, 1.54) is 13.0 Å². The van der Waals surface area contributed by atoms with Crippen LogP contribution < -0.4 is 15.5 Å². The first-order valence-corrected chi connectivity index (χ1v) is 9.13. The van der Waals surface area contributed by atoms with Crippen LogP contribution in [0.4, 0.5) is 29.3 Å². The third kappa shape index (κ3) is 6.03. The van der Waals surface area contributed by atoms with Gasteiger partial charge in [0.2, 0.25) is 5.91 Å². The number of benzene rings is 1. The predicted molar refractivity (Wildman–Crippen MR) is 100 cm³/mol. The Labute approximate surface area is 162 Å². The van der Waals surface area contributed by atoms with Crippen LogP contribution in [0.3, 0.4) is 0 Å². The van der Waals surface area contributed by atoms with Gasteiger partial charge in [0.25, 0.3) is 0 Å². The lowest BCUT2D eigenvalue weighted by Gasteiger charge is -2.24. The van der Waals surface area contributed by atoms with Crippen molar-refractivity contribution in [2.24, 2.45) is 0 Å². The highest BCUT2D eigenvalue weighted by Crippen LogP contribution is 2.36. The molecule has 1 atom stereocenters. The summed E-state index contributed by atoms with van der Waals surface area (Å²) in [5.74, 6) is -0.634. The summed E-state index contributed by atoms with van der Waals surface area (Å²) in [6, 6.07) is 2.31. The molecule has 156 valence electrons. The Morgan fingerprint density at radius 1 is 1.14 bits per heavy atom. The van der Waals surface area contributed by atoms with E-state index in [1.54, 1.807) is 20.8 Å². The van der Waals surface area contributed by atoms with Crippen LogP contribution in [0.2, 0.25) is 0 Å². The minimum absolute atomic E-state index is 0.0690. The van der Waals surface area contributed by atoms with Crippen molar-refractivity contribution in [3.63, 3.8) is 0 Å². The maximum absolute atomic E-state index is 13.1. The van der Waals surface area contributed by atoms with Crippen LogP contribution >= 0.6 is 0 Å². The van der Waals surface area contributed by atoms with Crippen molar-refractivity contribution in [3.8, 4) is 0 Å². The van der Waals surface area contributed by atoms with Crippen molar-refractivity contribution in [2.75, 3.05) is 23.3 Å². The average Bonchev–Trinajstić information content (AvgIpc) is 3.06. The van der Waals surface area contributed by atoms with Gasteiger partial charge in [-0.05, 0) is 58.7 Å². The molecule has 9 heteroatoms. The van der Waals surface area contributed by atoms with E-state index in [-0.39, 0.29) is 5.69 Å².